The molecular weight excluding hydrogens is 280 g/mol. The molecule has 0 aromatic carbocycles. The van der Waals surface area contributed by atoms with Crippen LogP contribution in [0.25, 0.3) is 0 Å². The van der Waals surface area contributed by atoms with Crippen LogP contribution in [-0.2, 0) is 4.74 Å². The van der Waals surface area contributed by atoms with Crippen LogP contribution in [0.1, 0.15) is 38.1 Å². The van der Waals surface area contributed by atoms with E-state index in [0.717, 1.165) is 11.3 Å². The fourth-order valence-electron chi connectivity index (χ4n) is 3.43. The zero-order chi connectivity index (χ0) is 16.1. The van der Waals surface area contributed by atoms with Gasteiger partial charge in [-0.05, 0) is 57.2 Å². The molecule has 1 aromatic heterocycles. The Morgan fingerprint density at radius 1 is 1.41 bits per heavy atom. The summed E-state index contributed by atoms with van der Waals surface area (Å²) in [6, 6.07) is 3.86. The third kappa shape index (κ3) is 2.95. The Hall–Kier alpha value is -1.62. The van der Waals surface area contributed by atoms with Crippen molar-refractivity contribution in [3.05, 3.63) is 29.6 Å². The highest BCUT2D eigenvalue weighted by Gasteiger charge is 2.60. The van der Waals surface area contributed by atoms with Crippen molar-refractivity contribution in [2.75, 3.05) is 13.1 Å². The van der Waals surface area contributed by atoms with E-state index >= 15 is 0 Å². The Morgan fingerprint density at radius 3 is 2.59 bits per heavy atom. The number of fused-ring (bicyclic) bond motifs is 1. The number of hydrogen-bond acceptors (Lipinski definition) is 4. The molecule has 0 bridgehead atoms. The van der Waals surface area contributed by atoms with Gasteiger partial charge in [-0.15, -0.1) is 0 Å². The van der Waals surface area contributed by atoms with E-state index in [0.29, 0.717) is 24.9 Å². The van der Waals surface area contributed by atoms with Crippen molar-refractivity contribution in [3.63, 3.8) is 0 Å². The normalized spacial score (nSPS) is 28.2. The number of aliphatic hydroxyl groups excluding tert-OH is 1. The first-order valence-corrected chi connectivity index (χ1v) is 7.85. The van der Waals surface area contributed by atoms with Crippen molar-refractivity contribution in [2.45, 2.75) is 39.4 Å². The number of nitrogens with zero attached hydrogens (tertiary/aromatic N) is 2. The average molecular weight is 304 g/mol. The minimum absolute atomic E-state index is 0.216. The molecule has 1 aliphatic carbocycles. The van der Waals surface area contributed by atoms with Gasteiger partial charge in [-0.2, -0.15) is 0 Å². The highest BCUT2D eigenvalue weighted by atomic mass is 16.6. The molecule has 0 spiro atoms. The van der Waals surface area contributed by atoms with Crippen molar-refractivity contribution in [1.29, 1.82) is 0 Å². The fourth-order valence-corrected chi connectivity index (χ4v) is 3.43. The lowest BCUT2D eigenvalue weighted by atomic mass is 10.1. The third-order valence-electron chi connectivity index (χ3n) is 4.52. The zero-order valence-electron chi connectivity index (χ0n) is 13.6. The number of carbonyl (C=O) groups excluding carboxylic acids is 1. The van der Waals surface area contributed by atoms with Crippen LogP contribution in [0.4, 0.5) is 4.79 Å². The predicted octanol–water partition coefficient (Wildman–Crippen LogP) is 2.54. The van der Waals surface area contributed by atoms with E-state index in [-0.39, 0.29) is 12.0 Å². The van der Waals surface area contributed by atoms with Crippen LogP contribution < -0.4 is 0 Å². The number of amides is 1. The molecule has 5 nitrogen and oxygen atoms in total. The minimum Gasteiger partial charge on any atom is -0.444 e. The first kappa shape index (κ1) is 15.3. The highest BCUT2D eigenvalue weighted by molar-refractivity contribution is 5.69. The lowest BCUT2D eigenvalue weighted by Gasteiger charge is -2.26. The maximum Gasteiger partial charge on any atom is 0.410 e. The van der Waals surface area contributed by atoms with E-state index in [4.69, 9.17) is 4.74 Å². The van der Waals surface area contributed by atoms with E-state index in [9.17, 15) is 9.90 Å². The Labute approximate surface area is 131 Å². The standard InChI is InChI=1S/C17H24N2O3/c1-10-5-6-18-13(7-10)15(20)14-11-8-19(9-12(11)14)16(21)22-17(2,3)4/h5-7,11-12,14-15,20H,8-9H2,1-4H3/t11-,12+,14?,15?. The topological polar surface area (TPSA) is 62.7 Å². The lowest BCUT2D eigenvalue weighted by Crippen LogP contribution is -2.37. The third-order valence-corrected chi connectivity index (χ3v) is 4.52. The first-order chi connectivity index (χ1) is 10.3. The molecule has 2 aliphatic rings. The van der Waals surface area contributed by atoms with Gasteiger partial charge < -0.3 is 14.7 Å². The molecule has 1 aromatic rings. The molecule has 1 N–H and O–H groups in total. The van der Waals surface area contributed by atoms with Crippen LogP contribution in [0.3, 0.4) is 0 Å². The molecule has 2 unspecified atom stereocenters. The second-order valence-electron chi connectivity index (χ2n) is 7.49. The molecule has 1 aliphatic heterocycles. The van der Waals surface area contributed by atoms with Crippen molar-refractivity contribution in [1.82, 2.24) is 9.88 Å². The smallest absolute Gasteiger partial charge is 0.410 e. The summed E-state index contributed by atoms with van der Waals surface area (Å²) in [5.74, 6) is 0.947. The molecule has 2 fully saturated rings. The first-order valence-electron chi connectivity index (χ1n) is 7.85. The van der Waals surface area contributed by atoms with E-state index in [2.05, 4.69) is 4.98 Å². The summed E-state index contributed by atoms with van der Waals surface area (Å²) in [4.78, 5) is 18.1. The Balaban J connectivity index is 1.58. The number of aliphatic hydroxyl groups is 1. The van der Waals surface area contributed by atoms with Gasteiger partial charge in [0.15, 0.2) is 0 Å². The number of hydrogen-bond donors (Lipinski definition) is 1. The van der Waals surface area contributed by atoms with E-state index in [1.165, 1.54) is 0 Å². The Bertz CT molecular complexity index is 570. The Morgan fingerprint density at radius 2 is 2.05 bits per heavy atom. The summed E-state index contributed by atoms with van der Waals surface area (Å²) in [6.07, 6.45) is 0.955. The van der Waals surface area contributed by atoms with Gasteiger partial charge in [0.1, 0.15) is 5.60 Å². The molecule has 1 amide bonds. The average Bonchev–Trinajstić information content (AvgIpc) is 2.89. The number of piperidine rings is 1. The summed E-state index contributed by atoms with van der Waals surface area (Å²) in [6.45, 7) is 8.96. The number of likely N-dealkylation sites (tertiary alicyclic amines) is 1. The zero-order valence-corrected chi connectivity index (χ0v) is 13.6. The largest absolute Gasteiger partial charge is 0.444 e. The van der Waals surface area contributed by atoms with Gasteiger partial charge in [-0.25, -0.2) is 4.79 Å². The monoisotopic (exact) mass is 304 g/mol. The van der Waals surface area contributed by atoms with Gasteiger partial charge in [0.25, 0.3) is 0 Å². The second kappa shape index (κ2) is 5.23. The molecule has 120 valence electrons. The lowest BCUT2D eigenvalue weighted by molar-refractivity contribution is 0.0240. The van der Waals surface area contributed by atoms with Crippen LogP contribution in [0.5, 0.6) is 0 Å². The fraction of sp³-hybridized carbons (Fsp3) is 0.647. The van der Waals surface area contributed by atoms with Crippen molar-refractivity contribution < 1.29 is 14.6 Å². The molecule has 0 radical (unpaired) electrons. The van der Waals surface area contributed by atoms with Gasteiger partial charge >= 0.3 is 6.09 Å². The molecule has 22 heavy (non-hydrogen) atoms. The van der Waals surface area contributed by atoms with Crippen LogP contribution in [-0.4, -0.2) is 39.8 Å². The molecule has 1 saturated carbocycles. The summed E-state index contributed by atoms with van der Waals surface area (Å²) < 4.78 is 5.40. The minimum atomic E-state index is -0.532. The molecule has 5 heteroatoms. The number of aromatic nitrogens is 1. The molecule has 1 saturated heterocycles. The summed E-state index contributed by atoms with van der Waals surface area (Å²) in [7, 11) is 0. The number of carbonyl (C=O) groups is 1. The quantitative estimate of drug-likeness (QED) is 0.912. The number of rotatable bonds is 2. The molecule has 4 atom stereocenters. The van der Waals surface area contributed by atoms with Crippen molar-refractivity contribution in [2.24, 2.45) is 17.8 Å². The molecular formula is C17H24N2O3. The maximum atomic E-state index is 12.0. The summed E-state index contributed by atoms with van der Waals surface area (Å²) >= 11 is 0. The van der Waals surface area contributed by atoms with Gasteiger partial charge in [-0.3, -0.25) is 4.98 Å². The number of ether oxygens (including phenoxy) is 1. The number of pyridine rings is 1. The van der Waals surface area contributed by atoms with Crippen molar-refractivity contribution >= 4 is 6.09 Å². The Kier molecular flexibility index (Phi) is 3.63. The summed E-state index contributed by atoms with van der Waals surface area (Å²) in [5, 5.41) is 10.5. The van der Waals surface area contributed by atoms with Crippen LogP contribution >= 0.6 is 0 Å². The summed E-state index contributed by atoms with van der Waals surface area (Å²) in [5.41, 5.74) is 1.38. The van der Waals surface area contributed by atoms with Crippen LogP contribution in [0, 0.1) is 24.7 Å². The van der Waals surface area contributed by atoms with Crippen molar-refractivity contribution in [3.8, 4) is 0 Å². The van der Waals surface area contributed by atoms with Gasteiger partial charge in [0, 0.05) is 25.2 Å². The van der Waals surface area contributed by atoms with Crippen LogP contribution in [0.15, 0.2) is 18.3 Å². The van der Waals surface area contributed by atoms with Gasteiger partial charge in [-0.1, -0.05) is 0 Å². The van der Waals surface area contributed by atoms with Crippen LogP contribution in [0.2, 0.25) is 0 Å². The second-order valence-corrected chi connectivity index (χ2v) is 7.49. The van der Waals surface area contributed by atoms with Gasteiger partial charge in [0.2, 0.25) is 0 Å². The maximum absolute atomic E-state index is 12.0. The van der Waals surface area contributed by atoms with E-state index in [1.807, 2.05) is 39.8 Å². The molecule has 3 rings (SSSR count). The van der Waals surface area contributed by atoms with E-state index < -0.39 is 11.7 Å². The van der Waals surface area contributed by atoms with E-state index in [1.54, 1.807) is 11.1 Å². The molecule has 2 heterocycles. The SMILES string of the molecule is Cc1ccnc(C(O)C2[C@H]3CN(C(=O)OC(C)(C)C)C[C@@H]23)c1. The predicted molar refractivity (Wildman–Crippen MR) is 82.2 cm³/mol. The van der Waals surface area contributed by atoms with Gasteiger partial charge in [0.05, 0.1) is 11.8 Å². The number of aryl methyl sites for hydroxylation is 1. The highest BCUT2D eigenvalue weighted by Crippen LogP contribution is 2.57.